The Morgan fingerprint density at radius 2 is 2.00 bits per heavy atom. The van der Waals surface area contributed by atoms with Crippen molar-refractivity contribution < 1.29 is 27.1 Å². The SMILES string of the molecule is O=C(COc1ccc(F)c(C(F)(F)F)c1)C1CC1. The topological polar surface area (TPSA) is 26.3 Å². The Morgan fingerprint density at radius 3 is 2.56 bits per heavy atom. The van der Waals surface area contributed by atoms with E-state index in [0.717, 1.165) is 18.9 Å². The lowest BCUT2D eigenvalue weighted by Crippen LogP contribution is -2.14. The monoisotopic (exact) mass is 262 g/mol. The Morgan fingerprint density at radius 1 is 1.33 bits per heavy atom. The van der Waals surface area contributed by atoms with E-state index in [2.05, 4.69) is 0 Å². The van der Waals surface area contributed by atoms with Gasteiger partial charge >= 0.3 is 6.18 Å². The normalized spacial score (nSPS) is 15.6. The fraction of sp³-hybridized carbons (Fsp3) is 0.417. The number of Topliss-reactive ketones (excluding diaryl/α,β-unsaturated/α-hetero) is 1. The van der Waals surface area contributed by atoms with Crippen LogP contribution in [0.25, 0.3) is 0 Å². The summed E-state index contributed by atoms with van der Waals surface area (Å²) in [5, 5.41) is 0. The lowest BCUT2D eigenvalue weighted by atomic mass is 10.2. The highest BCUT2D eigenvalue weighted by Crippen LogP contribution is 2.34. The Kier molecular flexibility index (Phi) is 3.28. The molecule has 1 saturated carbocycles. The van der Waals surface area contributed by atoms with Crippen LogP contribution in [0.1, 0.15) is 18.4 Å². The number of benzene rings is 1. The van der Waals surface area contributed by atoms with Crippen LogP contribution in [0.4, 0.5) is 17.6 Å². The highest BCUT2D eigenvalue weighted by Gasteiger charge is 2.34. The van der Waals surface area contributed by atoms with Crippen molar-refractivity contribution in [3.05, 3.63) is 29.6 Å². The van der Waals surface area contributed by atoms with Gasteiger partial charge in [0.05, 0.1) is 5.56 Å². The molecule has 0 aromatic heterocycles. The third kappa shape index (κ3) is 3.00. The van der Waals surface area contributed by atoms with Gasteiger partial charge in [0, 0.05) is 5.92 Å². The van der Waals surface area contributed by atoms with Gasteiger partial charge < -0.3 is 4.74 Å². The van der Waals surface area contributed by atoms with Crippen LogP contribution in [0, 0.1) is 11.7 Å². The van der Waals surface area contributed by atoms with Crippen LogP contribution in [-0.4, -0.2) is 12.4 Å². The Bertz CT molecular complexity index is 464. The summed E-state index contributed by atoms with van der Waals surface area (Å²) in [6.45, 7) is -0.270. The number of hydrogen-bond acceptors (Lipinski definition) is 2. The van der Waals surface area contributed by atoms with Gasteiger partial charge in [-0.05, 0) is 31.0 Å². The minimum atomic E-state index is -4.77. The number of carbonyl (C=O) groups excluding carboxylic acids is 1. The van der Waals surface area contributed by atoms with Crippen LogP contribution in [0.2, 0.25) is 0 Å². The number of carbonyl (C=O) groups is 1. The summed E-state index contributed by atoms with van der Waals surface area (Å²) >= 11 is 0. The molecule has 0 spiro atoms. The molecule has 0 saturated heterocycles. The smallest absolute Gasteiger partial charge is 0.419 e. The first-order chi connectivity index (χ1) is 8.38. The quantitative estimate of drug-likeness (QED) is 0.779. The van der Waals surface area contributed by atoms with E-state index in [4.69, 9.17) is 4.74 Å². The molecule has 0 heterocycles. The first kappa shape index (κ1) is 12.9. The summed E-state index contributed by atoms with van der Waals surface area (Å²) in [5.41, 5.74) is -1.39. The predicted molar refractivity (Wildman–Crippen MR) is 54.6 cm³/mol. The molecule has 0 amide bonds. The van der Waals surface area contributed by atoms with Crippen molar-refractivity contribution in [2.24, 2.45) is 5.92 Å². The maximum absolute atomic E-state index is 13.0. The number of halogens is 4. The van der Waals surface area contributed by atoms with Crippen LogP contribution in [-0.2, 0) is 11.0 Å². The molecule has 1 aliphatic rings. The van der Waals surface area contributed by atoms with E-state index >= 15 is 0 Å². The molecular weight excluding hydrogens is 252 g/mol. The Labute approximate surface area is 101 Å². The number of rotatable bonds is 4. The van der Waals surface area contributed by atoms with Gasteiger partial charge in [-0.25, -0.2) is 4.39 Å². The molecule has 0 radical (unpaired) electrons. The molecule has 0 aliphatic heterocycles. The van der Waals surface area contributed by atoms with Gasteiger partial charge in [0.1, 0.15) is 18.2 Å². The van der Waals surface area contributed by atoms with E-state index < -0.39 is 17.6 Å². The molecule has 1 aromatic rings. The van der Waals surface area contributed by atoms with Gasteiger partial charge in [0.15, 0.2) is 5.78 Å². The van der Waals surface area contributed by atoms with Crippen LogP contribution in [0.15, 0.2) is 18.2 Å². The summed E-state index contributed by atoms with van der Waals surface area (Å²) < 4.78 is 55.1. The first-order valence-corrected chi connectivity index (χ1v) is 5.40. The molecule has 98 valence electrons. The van der Waals surface area contributed by atoms with Crippen LogP contribution in [0.5, 0.6) is 5.75 Å². The summed E-state index contributed by atoms with van der Waals surface area (Å²) in [7, 11) is 0. The molecular formula is C12H10F4O2. The van der Waals surface area contributed by atoms with Crippen molar-refractivity contribution >= 4 is 5.78 Å². The van der Waals surface area contributed by atoms with Crippen molar-refractivity contribution in [3.8, 4) is 5.75 Å². The standard InChI is InChI=1S/C12H10F4O2/c13-10-4-3-8(5-9(10)12(14,15)16)18-6-11(17)7-1-2-7/h3-5,7H,1-2,6H2. The highest BCUT2D eigenvalue weighted by atomic mass is 19.4. The summed E-state index contributed by atoms with van der Waals surface area (Å²) in [5.74, 6) is -1.67. The van der Waals surface area contributed by atoms with Crippen molar-refractivity contribution in [1.82, 2.24) is 0 Å². The maximum atomic E-state index is 13.0. The lowest BCUT2D eigenvalue weighted by molar-refractivity contribution is -0.140. The zero-order valence-electron chi connectivity index (χ0n) is 9.26. The molecule has 0 atom stereocenters. The second kappa shape index (κ2) is 4.59. The summed E-state index contributed by atoms with van der Waals surface area (Å²) in [6, 6.07) is 2.32. The average molecular weight is 262 g/mol. The number of ether oxygens (including phenoxy) is 1. The molecule has 0 unspecified atom stereocenters. The van der Waals surface area contributed by atoms with Crippen LogP contribution in [0.3, 0.4) is 0 Å². The van der Waals surface area contributed by atoms with E-state index in [1.807, 2.05) is 0 Å². The Hall–Kier alpha value is -1.59. The van der Waals surface area contributed by atoms with Gasteiger partial charge in [-0.3, -0.25) is 4.79 Å². The van der Waals surface area contributed by atoms with Gasteiger partial charge in [0.25, 0.3) is 0 Å². The predicted octanol–water partition coefficient (Wildman–Crippen LogP) is 3.20. The number of alkyl halides is 3. The van der Waals surface area contributed by atoms with Gasteiger partial charge in [-0.2, -0.15) is 13.2 Å². The maximum Gasteiger partial charge on any atom is 0.419 e. The first-order valence-electron chi connectivity index (χ1n) is 5.40. The van der Waals surface area contributed by atoms with Crippen molar-refractivity contribution in [3.63, 3.8) is 0 Å². The molecule has 1 aliphatic carbocycles. The van der Waals surface area contributed by atoms with Crippen LogP contribution < -0.4 is 4.74 Å². The molecule has 2 rings (SSSR count). The Balaban J connectivity index is 2.07. The summed E-state index contributed by atoms with van der Waals surface area (Å²) in [4.78, 5) is 11.3. The fourth-order valence-electron chi connectivity index (χ4n) is 1.49. The molecule has 6 heteroatoms. The van der Waals surface area contributed by atoms with Gasteiger partial charge in [-0.15, -0.1) is 0 Å². The van der Waals surface area contributed by atoms with E-state index in [1.165, 1.54) is 0 Å². The third-order valence-corrected chi connectivity index (χ3v) is 2.66. The highest BCUT2D eigenvalue weighted by molar-refractivity contribution is 5.84. The molecule has 0 bridgehead atoms. The van der Waals surface area contributed by atoms with Gasteiger partial charge in [0.2, 0.25) is 0 Å². The van der Waals surface area contributed by atoms with Crippen molar-refractivity contribution in [2.75, 3.05) is 6.61 Å². The van der Waals surface area contributed by atoms with E-state index in [9.17, 15) is 22.4 Å². The molecule has 0 N–H and O–H groups in total. The minimum absolute atomic E-state index is 0.0208. The fourth-order valence-corrected chi connectivity index (χ4v) is 1.49. The molecule has 1 fully saturated rings. The zero-order valence-corrected chi connectivity index (χ0v) is 9.26. The third-order valence-electron chi connectivity index (χ3n) is 2.66. The molecule has 18 heavy (non-hydrogen) atoms. The summed E-state index contributed by atoms with van der Waals surface area (Å²) in [6.07, 6.45) is -3.16. The number of hydrogen-bond donors (Lipinski definition) is 0. The minimum Gasteiger partial charge on any atom is -0.486 e. The second-order valence-corrected chi connectivity index (χ2v) is 4.17. The molecule has 2 nitrogen and oxygen atoms in total. The van der Waals surface area contributed by atoms with E-state index in [-0.39, 0.29) is 24.1 Å². The number of ketones is 1. The van der Waals surface area contributed by atoms with Crippen LogP contribution >= 0.6 is 0 Å². The zero-order chi connectivity index (χ0) is 13.3. The lowest BCUT2D eigenvalue weighted by Gasteiger charge is -2.10. The van der Waals surface area contributed by atoms with Crippen molar-refractivity contribution in [2.45, 2.75) is 19.0 Å². The average Bonchev–Trinajstić information content (AvgIpc) is 3.09. The van der Waals surface area contributed by atoms with E-state index in [1.54, 1.807) is 0 Å². The molecule has 1 aromatic carbocycles. The van der Waals surface area contributed by atoms with Gasteiger partial charge in [-0.1, -0.05) is 0 Å². The van der Waals surface area contributed by atoms with Crippen molar-refractivity contribution in [1.29, 1.82) is 0 Å². The largest absolute Gasteiger partial charge is 0.486 e. The van der Waals surface area contributed by atoms with E-state index in [0.29, 0.717) is 12.1 Å². The second-order valence-electron chi connectivity index (χ2n) is 4.17.